The minimum Gasteiger partial charge on any atom is -0.348 e. The number of piperidine rings is 1. The largest absolute Gasteiger partial charge is 0.348 e. The van der Waals surface area contributed by atoms with Gasteiger partial charge in [0.15, 0.2) is 0 Å². The van der Waals surface area contributed by atoms with Gasteiger partial charge >= 0.3 is 0 Å². The highest BCUT2D eigenvalue weighted by Gasteiger charge is 2.45. The summed E-state index contributed by atoms with van der Waals surface area (Å²) < 4.78 is 0. The van der Waals surface area contributed by atoms with Crippen LogP contribution >= 0.6 is 0 Å². The molecule has 4 rings (SSSR count). The second-order valence-corrected chi connectivity index (χ2v) is 8.36. The van der Waals surface area contributed by atoms with Crippen molar-refractivity contribution in [3.8, 4) is 0 Å². The number of benzene rings is 1. The van der Waals surface area contributed by atoms with Crippen LogP contribution in [-0.4, -0.2) is 60.4 Å². The number of anilines is 1. The van der Waals surface area contributed by atoms with Crippen molar-refractivity contribution in [1.29, 1.82) is 0 Å². The van der Waals surface area contributed by atoms with E-state index in [1.165, 1.54) is 0 Å². The quantitative estimate of drug-likeness (QED) is 0.787. The lowest BCUT2D eigenvalue weighted by molar-refractivity contribution is -0.132. The molecule has 2 amide bonds. The molecule has 30 heavy (non-hydrogen) atoms. The summed E-state index contributed by atoms with van der Waals surface area (Å²) in [5, 5.41) is 2.72. The Balaban J connectivity index is 1.49. The number of carbonyl (C=O) groups excluding carboxylic acids is 2. The fourth-order valence-electron chi connectivity index (χ4n) is 4.55. The molecular weight excluding hydrogens is 382 g/mol. The number of carbonyl (C=O) groups is 2. The van der Waals surface area contributed by atoms with Gasteiger partial charge in [-0.1, -0.05) is 18.2 Å². The summed E-state index contributed by atoms with van der Waals surface area (Å²) in [5.41, 5.74) is 1.74. The molecule has 1 saturated heterocycles. The summed E-state index contributed by atoms with van der Waals surface area (Å²) in [5.74, 6) is 0.175. The van der Waals surface area contributed by atoms with Gasteiger partial charge in [-0.2, -0.15) is 0 Å². The molecule has 1 aliphatic heterocycles. The minimum atomic E-state index is -0.286. The zero-order valence-corrected chi connectivity index (χ0v) is 17.4. The van der Waals surface area contributed by atoms with Crippen LogP contribution in [0.15, 0.2) is 35.1 Å². The van der Waals surface area contributed by atoms with Gasteiger partial charge in [0.1, 0.15) is 0 Å². The Morgan fingerprint density at radius 2 is 2.00 bits per heavy atom. The number of likely N-dealkylation sites (tertiary alicyclic amines) is 1. The molecule has 158 valence electrons. The zero-order valence-electron chi connectivity index (χ0n) is 17.4. The summed E-state index contributed by atoms with van der Waals surface area (Å²) in [7, 11) is 3.69. The maximum absolute atomic E-state index is 12.8. The van der Waals surface area contributed by atoms with E-state index < -0.39 is 0 Å². The van der Waals surface area contributed by atoms with Gasteiger partial charge in [-0.3, -0.25) is 19.4 Å². The number of aromatic amines is 1. The molecule has 1 spiro atoms. The number of hydrogen-bond donors (Lipinski definition) is 2. The summed E-state index contributed by atoms with van der Waals surface area (Å²) in [6.45, 7) is 1.15. The van der Waals surface area contributed by atoms with Crippen molar-refractivity contribution >= 4 is 17.8 Å². The minimum absolute atomic E-state index is 0.0393. The van der Waals surface area contributed by atoms with Crippen LogP contribution in [0.5, 0.6) is 0 Å². The van der Waals surface area contributed by atoms with E-state index in [9.17, 15) is 14.4 Å². The average Bonchev–Trinajstić information content (AvgIpc) is 3.10. The van der Waals surface area contributed by atoms with E-state index in [1.807, 2.05) is 25.1 Å². The highest BCUT2D eigenvalue weighted by atomic mass is 16.2. The number of hydrogen-bond acceptors (Lipinski definition) is 5. The number of rotatable bonds is 4. The first-order valence-corrected chi connectivity index (χ1v) is 10.3. The first kappa shape index (κ1) is 20.1. The third kappa shape index (κ3) is 3.69. The number of aromatic nitrogens is 2. The average molecular weight is 409 g/mol. The fourth-order valence-corrected chi connectivity index (χ4v) is 4.55. The van der Waals surface area contributed by atoms with Gasteiger partial charge < -0.3 is 15.1 Å². The van der Waals surface area contributed by atoms with Crippen molar-refractivity contribution in [3.63, 3.8) is 0 Å². The fraction of sp³-hybridized carbons (Fsp3) is 0.455. The van der Waals surface area contributed by atoms with Gasteiger partial charge in [0.2, 0.25) is 11.9 Å². The normalized spacial score (nSPS) is 20.1. The Hall–Kier alpha value is -3.16. The molecule has 1 aliphatic carbocycles. The van der Waals surface area contributed by atoms with Crippen LogP contribution in [0.2, 0.25) is 0 Å². The molecule has 0 radical (unpaired) electrons. The third-order valence-electron chi connectivity index (χ3n) is 6.15. The smallest absolute Gasteiger partial charge is 0.255 e. The Morgan fingerprint density at radius 1 is 1.23 bits per heavy atom. The highest BCUT2D eigenvalue weighted by molar-refractivity contribution is 5.96. The maximum Gasteiger partial charge on any atom is 0.255 e. The van der Waals surface area contributed by atoms with E-state index in [-0.39, 0.29) is 29.3 Å². The van der Waals surface area contributed by atoms with Crippen LogP contribution in [0.3, 0.4) is 0 Å². The second-order valence-electron chi connectivity index (χ2n) is 8.36. The predicted molar refractivity (Wildman–Crippen MR) is 114 cm³/mol. The Bertz CT molecular complexity index is 1020. The van der Waals surface area contributed by atoms with E-state index >= 15 is 0 Å². The Labute approximate surface area is 175 Å². The Kier molecular flexibility index (Phi) is 5.32. The first-order chi connectivity index (χ1) is 14.4. The SMILES string of the molecule is CN(C)c1nc2c(c(=O)[nH]1)CCC21CCCN(C(=O)CNC(=O)c2ccccc2)C1. The van der Waals surface area contributed by atoms with Gasteiger partial charge in [0.05, 0.1) is 12.2 Å². The Morgan fingerprint density at radius 3 is 2.73 bits per heavy atom. The van der Waals surface area contributed by atoms with Crippen LogP contribution < -0.4 is 15.8 Å². The monoisotopic (exact) mass is 409 g/mol. The molecule has 1 fully saturated rings. The van der Waals surface area contributed by atoms with Gasteiger partial charge in [-0.05, 0) is 37.8 Å². The van der Waals surface area contributed by atoms with Crippen LogP contribution in [0.25, 0.3) is 0 Å². The number of amides is 2. The van der Waals surface area contributed by atoms with Crippen LogP contribution in [-0.2, 0) is 16.6 Å². The van der Waals surface area contributed by atoms with E-state index in [0.29, 0.717) is 31.0 Å². The van der Waals surface area contributed by atoms with E-state index in [0.717, 1.165) is 30.5 Å². The summed E-state index contributed by atoms with van der Waals surface area (Å²) >= 11 is 0. The maximum atomic E-state index is 12.8. The molecule has 8 heteroatoms. The molecule has 8 nitrogen and oxygen atoms in total. The van der Waals surface area contributed by atoms with E-state index in [2.05, 4.69) is 10.3 Å². The van der Waals surface area contributed by atoms with Crippen molar-refractivity contribution in [1.82, 2.24) is 20.2 Å². The van der Waals surface area contributed by atoms with Crippen LogP contribution in [0.4, 0.5) is 5.95 Å². The van der Waals surface area contributed by atoms with Gasteiger partial charge in [0, 0.05) is 43.7 Å². The number of nitrogens with zero attached hydrogens (tertiary/aromatic N) is 3. The molecule has 2 aliphatic rings. The van der Waals surface area contributed by atoms with Crippen molar-refractivity contribution < 1.29 is 9.59 Å². The van der Waals surface area contributed by atoms with E-state index in [1.54, 1.807) is 29.2 Å². The topological polar surface area (TPSA) is 98.4 Å². The molecule has 2 aromatic rings. The van der Waals surface area contributed by atoms with Crippen molar-refractivity contribution in [2.75, 3.05) is 38.6 Å². The molecule has 0 saturated carbocycles. The van der Waals surface area contributed by atoms with E-state index in [4.69, 9.17) is 4.98 Å². The van der Waals surface area contributed by atoms with Crippen LogP contribution in [0.1, 0.15) is 40.9 Å². The van der Waals surface area contributed by atoms with Gasteiger partial charge in [-0.25, -0.2) is 4.98 Å². The molecular formula is C22H27N5O3. The third-order valence-corrected chi connectivity index (χ3v) is 6.15. The summed E-state index contributed by atoms with van der Waals surface area (Å²) in [6, 6.07) is 8.86. The molecule has 2 heterocycles. The van der Waals surface area contributed by atoms with Crippen molar-refractivity contribution in [3.05, 3.63) is 57.5 Å². The van der Waals surface area contributed by atoms with Crippen molar-refractivity contribution in [2.45, 2.75) is 31.1 Å². The molecule has 1 aromatic heterocycles. The lowest BCUT2D eigenvalue weighted by Gasteiger charge is -2.40. The molecule has 1 atom stereocenters. The van der Waals surface area contributed by atoms with Crippen molar-refractivity contribution in [2.24, 2.45) is 0 Å². The number of nitrogens with one attached hydrogen (secondary N) is 2. The first-order valence-electron chi connectivity index (χ1n) is 10.3. The highest BCUT2D eigenvalue weighted by Crippen LogP contribution is 2.43. The lowest BCUT2D eigenvalue weighted by Crippen LogP contribution is -2.50. The standard InChI is InChI=1S/C22H27N5O3/c1-26(2)21-24-18-16(20(30)25-21)9-11-22(18)10-6-12-27(14-22)17(28)13-23-19(29)15-7-4-3-5-8-15/h3-5,7-8H,6,9-14H2,1-2H3,(H,23,29)(H,24,25,30). The van der Waals surface area contributed by atoms with Gasteiger partial charge in [-0.15, -0.1) is 0 Å². The molecule has 2 N–H and O–H groups in total. The second kappa shape index (κ2) is 7.93. The number of fused-ring (bicyclic) bond motifs is 2. The number of H-pyrrole nitrogens is 1. The summed E-state index contributed by atoms with van der Waals surface area (Å²) in [6.07, 6.45) is 3.25. The predicted octanol–water partition coefficient (Wildman–Crippen LogP) is 1.07. The zero-order chi connectivity index (χ0) is 21.3. The molecule has 1 unspecified atom stereocenters. The van der Waals surface area contributed by atoms with Crippen LogP contribution in [0, 0.1) is 0 Å². The van der Waals surface area contributed by atoms with Gasteiger partial charge in [0.25, 0.3) is 11.5 Å². The molecule has 1 aromatic carbocycles. The molecule has 0 bridgehead atoms. The lowest BCUT2D eigenvalue weighted by atomic mass is 9.77. The summed E-state index contributed by atoms with van der Waals surface area (Å²) in [4.78, 5) is 48.8.